The van der Waals surface area contributed by atoms with E-state index in [0.29, 0.717) is 23.9 Å². The zero-order chi connectivity index (χ0) is 26.4. The van der Waals surface area contributed by atoms with Crippen LogP contribution in [0.2, 0.25) is 0 Å². The molecule has 38 heavy (non-hydrogen) atoms. The van der Waals surface area contributed by atoms with Crippen molar-refractivity contribution >= 4 is 34.7 Å². The number of carbonyl (C=O) groups is 3. The van der Waals surface area contributed by atoms with E-state index in [0.717, 1.165) is 24.1 Å². The van der Waals surface area contributed by atoms with E-state index < -0.39 is 29.6 Å². The first kappa shape index (κ1) is 25.1. The summed E-state index contributed by atoms with van der Waals surface area (Å²) in [5, 5.41) is 8.18. The second-order valence-corrected chi connectivity index (χ2v) is 11.9. The number of nitrogens with zero attached hydrogens (tertiary/aromatic N) is 1. The number of thiophene rings is 1. The number of likely N-dealkylation sites (tertiary alicyclic amines) is 1. The highest BCUT2D eigenvalue weighted by Gasteiger charge is 2.72. The normalized spacial score (nSPS) is 33.3. The number of fused-ring (bicyclic) bond motifs is 1. The summed E-state index contributed by atoms with van der Waals surface area (Å²) in [4.78, 5) is 44.3. The highest BCUT2D eigenvalue weighted by Crippen LogP contribution is 2.55. The van der Waals surface area contributed by atoms with Crippen molar-refractivity contribution in [1.82, 2.24) is 10.2 Å². The third kappa shape index (κ3) is 4.12. The van der Waals surface area contributed by atoms with Crippen molar-refractivity contribution in [2.75, 3.05) is 12.4 Å². The summed E-state index contributed by atoms with van der Waals surface area (Å²) in [6, 6.07) is 10.2. The Morgan fingerprint density at radius 3 is 2.79 bits per heavy atom. The van der Waals surface area contributed by atoms with Gasteiger partial charge >= 0.3 is 0 Å². The number of hydrogen-bond donors (Lipinski definition) is 2. The average molecular weight is 536 g/mol. The van der Waals surface area contributed by atoms with E-state index in [1.165, 1.54) is 6.42 Å². The second kappa shape index (κ2) is 9.85. The van der Waals surface area contributed by atoms with Gasteiger partial charge in [-0.15, -0.1) is 11.3 Å². The lowest BCUT2D eigenvalue weighted by atomic mass is 9.74. The lowest BCUT2D eigenvalue weighted by Crippen LogP contribution is -2.57. The Kier molecular flexibility index (Phi) is 6.52. The lowest BCUT2D eigenvalue weighted by molar-refractivity contribution is -0.142. The van der Waals surface area contributed by atoms with Crippen LogP contribution in [0.3, 0.4) is 0 Å². The van der Waals surface area contributed by atoms with Crippen LogP contribution in [0.5, 0.6) is 5.75 Å². The number of amides is 3. The number of benzene rings is 1. The maximum atomic E-state index is 14.1. The molecule has 4 heterocycles. The fraction of sp³-hybridized carbons (Fsp3) is 0.483. The molecule has 7 atom stereocenters. The molecule has 0 unspecified atom stereocenters. The van der Waals surface area contributed by atoms with Crippen molar-refractivity contribution in [3.05, 3.63) is 58.8 Å². The van der Waals surface area contributed by atoms with Gasteiger partial charge in [-0.25, -0.2) is 0 Å². The predicted octanol–water partition coefficient (Wildman–Crippen LogP) is 3.74. The van der Waals surface area contributed by atoms with E-state index in [2.05, 4.69) is 17.6 Å². The fourth-order valence-corrected chi connectivity index (χ4v) is 7.43. The Hall–Kier alpha value is -3.17. The van der Waals surface area contributed by atoms with Gasteiger partial charge in [0.1, 0.15) is 17.4 Å². The van der Waals surface area contributed by atoms with E-state index in [-0.39, 0.29) is 23.8 Å². The molecule has 2 aromatic rings. The van der Waals surface area contributed by atoms with Gasteiger partial charge in [-0.3, -0.25) is 14.4 Å². The molecule has 3 amide bonds. The third-order valence-electron chi connectivity index (χ3n) is 8.61. The molecule has 1 aliphatic carbocycles. The van der Waals surface area contributed by atoms with Crippen molar-refractivity contribution in [2.24, 2.45) is 17.8 Å². The Bertz CT molecular complexity index is 1260. The molecule has 3 fully saturated rings. The van der Waals surface area contributed by atoms with E-state index in [9.17, 15) is 14.4 Å². The first-order valence-electron chi connectivity index (χ1n) is 13.4. The van der Waals surface area contributed by atoms with Gasteiger partial charge in [0.15, 0.2) is 0 Å². The minimum absolute atomic E-state index is 0.0696. The molecular formula is C29H33N3O5S. The number of methoxy groups -OCH3 is 1. The minimum Gasteiger partial charge on any atom is -0.497 e. The van der Waals surface area contributed by atoms with Crippen LogP contribution in [-0.4, -0.2) is 53.5 Å². The molecule has 2 saturated heterocycles. The van der Waals surface area contributed by atoms with Crippen LogP contribution in [0, 0.1) is 17.8 Å². The van der Waals surface area contributed by atoms with Gasteiger partial charge in [0, 0.05) is 22.7 Å². The van der Waals surface area contributed by atoms with Crippen LogP contribution in [0.4, 0.5) is 5.69 Å². The molecule has 2 N–H and O–H groups in total. The van der Waals surface area contributed by atoms with Crippen molar-refractivity contribution in [3.8, 4) is 5.75 Å². The largest absolute Gasteiger partial charge is 0.497 e. The zero-order valence-corrected chi connectivity index (χ0v) is 22.4. The van der Waals surface area contributed by atoms with Gasteiger partial charge in [-0.05, 0) is 42.3 Å². The number of rotatable bonds is 7. The molecule has 1 saturated carbocycles. The molecule has 1 aromatic carbocycles. The van der Waals surface area contributed by atoms with E-state index in [1.807, 2.05) is 29.7 Å². The van der Waals surface area contributed by atoms with Gasteiger partial charge < -0.3 is 25.0 Å². The average Bonchev–Trinajstić information content (AvgIpc) is 3.69. The predicted molar refractivity (Wildman–Crippen MR) is 144 cm³/mol. The highest BCUT2D eigenvalue weighted by atomic mass is 32.1. The molecule has 9 heteroatoms. The van der Waals surface area contributed by atoms with E-state index in [1.54, 1.807) is 47.6 Å². The molecule has 4 aliphatic rings. The van der Waals surface area contributed by atoms with Crippen molar-refractivity contribution < 1.29 is 23.9 Å². The van der Waals surface area contributed by atoms with Crippen molar-refractivity contribution in [1.29, 1.82) is 0 Å². The topological polar surface area (TPSA) is 97.0 Å². The molecule has 2 bridgehead atoms. The highest BCUT2D eigenvalue weighted by molar-refractivity contribution is 7.09. The van der Waals surface area contributed by atoms with Gasteiger partial charge in [0.2, 0.25) is 17.7 Å². The summed E-state index contributed by atoms with van der Waals surface area (Å²) in [5.74, 6) is -1.23. The molecule has 8 nitrogen and oxygen atoms in total. The van der Waals surface area contributed by atoms with E-state index in [4.69, 9.17) is 9.47 Å². The molecule has 200 valence electrons. The molecule has 1 spiro atoms. The second-order valence-electron chi connectivity index (χ2n) is 10.8. The van der Waals surface area contributed by atoms with Crippen LogP contribution in [-0.2, 0) is 25.7 Å². The smallest absolute Gasteiger partial charge is 0.246 e. The number of hydrogen-bond acceptors (Lipinski definition) is 6. The Morgan fingerprint density at radius 1 is 1.18 bits per heavy atom. The summed E-state index contributed by atoms with van der Waals surface area (Å²) in [5.41, 5.74) is -0.589. The number of nitrogens with one attached hydrogen (secondary N) is 2. The van der Waals surface area contributed by atoms with Crippen LogP contribution in [0.25, 0.3) is 0 Å². The van der Waals surface area contributed by atoms with Crippen molar-refractivity contribution in [2.45, 2.75) is 62.9 Å². The SMILES string of the molecule is COc1cccc(NC(=O)[C@H]2[C@H]3C=C[C@@]4(O3)[C@H]2C(=O)N(Cc2cccs2)[C@@H]4C(=O)N[C@H]2CCCC[C@@H]2C)c1. The molecule has 1 aromatic heterocycles. The van der Waals surface area contributed by atoms with Gasteiger partial charge in [-0.2, -0.15) is 0 Å². The Morgan fingerprint density at radius 2 is 2.03 bits per heavy atom. The molecule has 6 rings (SSSR count). The fourth-order valence-electron chi connectivity index (χ4n) is 6.73. The summed E-state index contributed by atoms with van der Waals surface area (Å²) in [6.07, 6.45) is 7.39. The summed E-state index contributed by atoms with van der Waals surface area (Å²) >= 11 is 1.54. The van der Waals surface area contributed by atoms with Crippen LogP contribution >= 0.6 is 11.3 Å². The quantitative estimate of drug-likeness (QED) is 0.527. The van der Waals surface area contributed by atoms with Gasteiger partial charge in [-0.1, -0.05) is 44.1 Å². The Labute approximate surface area is 226 Å². The minimum atomic E-state index is -1.17. The number of ether oxygens (including phenoxy) is 2. The maximum absolute atomic E-state index is 14.1. The summed E-state index contributed by atoms with van der Waals surface area (Å²) in [6.45, 7) is 2.48. The first-order valence-corrected chi connectivity index (χ1v) is 14.2. The number of anilines is 1. The lowest BCUT2D eigenvalue weighted by Gasteiger charge is -2.35. The summed E-state index contributed by atoms with van der Waals surface area (Å²) in [7, 11) is 1.57. The maximum Gasteiger partial charge on any atom is 0.246 e. The van der Waals surface area contributed by atoms with Crippen LogP contribution < -0.4 is 15.4 Å². The summed E-state index contributed by atoms with van der Waals surface area (Å²) < 4.78 is 11.7. The third-order valence-corrected chi connectivity index (χ3v) is 9.47. The molecule has 3 aliphatic heterocycles. The molecular weight excluding hydrogens is 502 g/mol. The first-order chi connectivity index (χ1) is 18.4. The Balaban J connectivity index is 1.31. The van der Waals surface area contributed by atoms with Gasteiger partial charge in [0.05, 0.1) is 31.6 Å². The van der Waals surface area contributed by atoms with Crippen LogP contribution in [0.1, 0.15) is 37.5 Å². The number of carbonyl (C=O) groups excluding carboxylic acids is 3. The zero-order valence-electron chi connectivity index (χ0n) is 21.6. The van der Waals surface area contributed by atoms with Crippen molar-refractivity contribution in [3.63, 3.8) is 0 Å². The van der Waals surface area contributed by atoms with Gasteiger partial charge in [0.25, 0.3) is 0 Å². The standard InChI is InChI=1S/C29H33N3O5S/c1-17-7-3-4-11-21(17)31-27(34)25-29-13-12-22(37-29)23(26(33)30-18-8-5-9-19(15-18)36-2)24(29)28(35)32(25)16-20-10-6-14-38-20/h5-6,8-10,12-15,17,21-25H,3-4,7,11,16H2,1-2H3,(H,30,33)(H,31,34)/t17-,21-,22+,23-,24+,25+,29+/m0/s1. The van der Waals surface area contributed by atoms with E-state index >= 15 is 0 Å². The van der Waals surface area contributed by atoms with Crippen LogP contribution in [0.15, 0.2) is 53.9 Å². The molecule has 0 radical (unpaired) electrons. The monoisotopic (exact) mass is 535 g/mol.